The maximum atomic E-state index is 5.94. The van der Waals surface area contributed by atoms with Crippen molar-refractivity contribution in [2.24, 2.45) is 5.41 Å². The summed E-state index contributed by atoms with van der Waals surface area (Å²) >= 11 is 2.40. The van der Waals surface area contributed by atoms with E-state index in [4.69, 9.17) is 9.47 Å². The van der Waals surface area contributed by atoms with Crippen LogP contribution in [0.4, 0.5) is 0 Å². The molecule has 0 radical (unpaired) electrons. The van der Waals surface area contributed by atoms with E-state index in [0.717, 1.165) is 32.5 Å². The van der Waals surface area contributed by atoms with Crippen molar-refractivity contribution < 1.29 is 9.47 Å². The van der Waals surface area contributed by atoms with Crippen molar-refractivity contribution in [3.63, 3.8) is 0 Å². The van der Waals surface area contributed by atoms with E-state index in [1.165, 1.54) is 10.8 Å². The second-order valence-electron chi connectivity index (χ2n) is 4.71. The molecule has 90 valence electrons. The Balaban J connectivity index is 2.46. The average Bonchev–Trinajstić information content (AvgIpc) is 2.29. The smallest absolute Gasteiger partial charge is 0.165 e. The van der Waals surface area contributed by atoms with Crippen molar-refractivity contribution in [2.45, 2.75) is 52.2 Å². The number of halogens is 1. The van der Waals surface area contributed by atoms with E-state index >= 15 is 0 Å². The lowest BCUT2D eigenvalue weighted by Crippen LogP contribution is -2.47. The van der Waals surface area contributed by atoms with Gasteiger partial charge in [0.15, 0.2) is 5.79 Å². The number of ether oxygens (including phenoxy) is 2. The van der Waals surface area contributed by atoms with Gasteiger partial charge in [-0.15, -0.1) is 0 Å². The molecule has 0 N–H and O–H groups in total. The van der Waals surface area contributed by atoms with Gasteiger partial charge in [-0.25, -0.2) is 0 Å². The summed E-state index contributed by atoms with van der Waals surface area (Å²) in [5.41, 5.74) is 0.268. The van der Waals surface area contributed by atoms with E-state index in [1.54, 1.807) is 0 Å². The van der Waals surface area contributed by atoms with Gasteiger partial charge in [0, 0.05) is 11.8 Å². The van der Waals surface area contributed by atoms with Gasteiger partial charge in [0.2, 0.25) is 0 Å². The highest BCUT2D eigenvalue weighted by atomic mass is 127. The van der Waals surface area contributed by atoms with Crippen molar-refractivity contribution >= 4 is 22.6 Å². The highest BCUT2D eigenvalue weighted by Gasteiger charge is 2.39. The molecule has 3 heteroatoms. The van der Waals surface area contributed by atoms with Gasteiger partial charge in [-0.1, -0.05) is 36.4 Å². The van der Waals surface area contributed by atoms with Gasteiger partial charge >= 0.3 is 0 Å². The largest absolute Gasteiger partial charge is 0.350 e. The molecule has 0 aliphatic carbocycles. The zero-order valence-electron chi connectivity index (χ0n) is 10.1. The summed E-state index contributed by atoms with van der Waals surface area (Å²) in [5.74, 6) is -0.320. The van der Waals surface area contributed by atoms with Crippen LogP contribution in [0.25, 0.3) is 0 Å². The molecule has 1 fully saturated rings. The second-order valence-corrected chi connectivity index (χ2v) is 5.79. The quantitative estimate of drug-likeness (QED) is 0.566. The van der Waals surface area contributed by atoms with Crippen LogP contribution >= 0.6 is 22.6 Å². The average molecular weight is 326 g/mol. The normalized spacial score (nSPS) is 24.0. The molecular formula is C12H23IO2. The fraction of sp³-hybridized carbons (Fsp3) is 1.00. The summed E-state index contributed by atoms with van der Waals surface area (Å²) in [6, 6.07) is 0. The molecule has 0 unspecified atom stereocenters. The van der Waals surface area contributed by atoms with Crippen molar-refractivity contribution in [2.75, 3.05) is 17.6 Å². The first-order valence-electron chi connectivity index (χ1n) is 5.93. The lowest BCUT2D eigenvalue weighted by molar-refractivity contribution is -0.298. The maximum Gasteiger partial charge on any atom is 0.165 e. The van der Waals surface area contributed by atoms with E-state index in [9.17, 15) is 0 Å². The third kappa shape index (κ3) is 3.56. The second kappa shape index (κ2) is 5.82. The van der Waals surface area contributed by atoms with Crippen LogP contribution in [0.5, 0.6) is 0 Å². The lowest BCUT2D eigenvalue weighted by Gasteiger charge is -2.44. The van der Waals surface area contributed by atoms with Crippen LogP contribution < -0.4 is 0 Å². The summed E-state index contributed by atoms with van der Waals surface area (Å²) < 4.78 is 13.1. The highest BCUT2D eigenvalue weighted by molar-refractivity contribution is 14.1. The van der Waals surface area contributed by atoms with Crippen molar-refractivity contribution in [3.05, 3.63) is 0 Å². The number of alkyl halides is 1. The number of hydrogen-bond acceptors (Lipinski definition) is 2. The Morgan fingerprint density at radius 3 is 2.07 bits per heavy atom. The van der Waals surface area contributed by atoms with Crippen LogP contribution in [0, 0.1) is 5.41 Å². The standard InChI is InChI=1S/C12H23IO2/c1-4-12(5-2)9-14-11(3,15-10-12)7-6-8-13/h4-10H2,1-3H3. The van der Waals surface area contributed by atoms with E-state index in [1.807, 2.05) is 0 Å². The first-order valence-corrected chi connectivity index (χ1v) is 7.46. The summed E-state index contributed by atoms with van der Waals surface area (Å²) in [6.07, 6.45) is 4.47. The molecule has 0 atom stereocenters. The molecule has 15 heavy (non-hydrogen) atoms. The predicted octanol–water partition coefficient (Wildman–Crippen LogP) is 3.77. The van der Waals surface area contributed by atoms with Gasteiger partial charge in [0.1, 0.15) is 0 Å². The Morgan fingerprint density at radius 2 is 1.67 bits per heavy atom. The molecule has 0 saturated carbocycles. The van der Waals surface area contributed by atoms with Gasteiger partial charge in [0.25, 0.3) is 0 Å². The van der Waals surface area contributed by atoms with Gasteiger partial charge in [-0.05, 0) is 30.6 Å². The Morgan fingerprint density at radius 1 is 1.13 bits per heavy atom. The monoisotopic (exact) mass is 326 g/mol. The molecule has 0 aromatic rings. The molecule has 1 rings (SSSR count). The molecule has 1 aliphatic rings. The van der Waals surface area contributed by atoms with Crippen LogP contribution in [0.1, 0.15) is 46.5 Å². The Labute approximate surface area is 107 Å². The van der Waals surface area contributed by atoms with E-state index in [-0.39, 0.29) is 11.2 Å². The molecular weight excluding hydrogens is 303 g/mol. The van der Waals surface area contributed by atoms with Crippen LogP contribution in [-0.4, -0.2) is 23.4 Å². The summed E-state index contributed by atoms with van der Waals surface area (Å²) in [7, 11) is 0. The summed E-state index contributed by atoms with van der Waals surface area (Å²) in [5, 5.41) is 0. The first kappa shape index (κ1) is 13.7. The molecule has 0 amide bonds. The topological polar surface area (TPSA) is 18.5 Å². The molecule has 0 aromatic heterocycles. The van der Waals surface area contributed by atoms with Crippen LogP contribution in [0.15, 0.2) is 0 Å². The molecule has 1 aliphatic heterocycles. The number of rotatable bonds is 5. The SMILES string of the molecule is CCC1(CC)COC(C)(CCCI)OC1. The van der Waals surface area contributed by atoms with Gasteiger partial charge < -0.3 is 9.47 Å². The molecule has 0 aromatic carbocycles. The van der Waals surface area contributed by atoms with Crippen LogP contribution in [0.3, 0.4) is 0 Å². The van der Waals surface area contributed by atoms with E-state index < -0.39 is 0 Å². The minimum Gasteiger partial charge on any atom is -0.350 e. The third-order valence-corrected chi connectivity index (χ3v) is 4.39. The fourth-order valence-electron chi connectivity index (χ4n) is 1.89. The minimum atomic E-state index is -0.320. The molecule has 2 nitrogen and oxygen atoms in total. The molecule has 0 spiro atoms. The van der Waals surface area contributed by atoms with Crippen LogP contribution in [-0.2, 0) is 9.47 Å². The number of hydrogen-bond donors (Lipinski definition) is 0. The van der Waals surface area contributed by atoms with E-state index in [2.05, 4.69) is 43.4 Å². The zero-order valence-corrected chi connectivity index (χ0v) is 12.3. The Bertz CT molecular complexity index is 180. The molecule has 0 bridgehead atoms. The maximum absolute atomic E-state index is 5.94. The van der Waals surface area contributed by atoms with Gasteiger partial charge in [0.05, 0.1) is 13.2 Å². The van der Waals surface area contributed by atoms with E-state index in [0.29, 0.717) is 0 Å². The molecule has 1 heterocycles. The Hall–Kier alpha value is 0.650. The van der Waals surface area contributed by atoms with Crippen molar-refractivity contribution in [3.8, 4) is 0 Å². The Kier molecular flexibility index (Phi) is 5.32. The van der Waals surface area contributed by atoms with Crippen molar-refractivity contribution in [1.29, 1.82) is 0 Å². The fourth-order valence-corrected chi connectivity index (χ4v) is 2.27. The first-order chi connectivity index (χ1) is 7.10. The van der Waals surface area contributed by atoms with Gasteiger partial charge in [-0.2, -0.15) is 0 Å². The third-order valence-electron chi connectivity index (χ3n) is 3.63. The summed E-state index contributed by atoms with van der Waals surface area (Å²) in [6.45, 7) is 8.25. The van der Waals surface area contributed by atoms with Crippen molar-refractivity contribution in [1.82, 2.24) is 0 Å². The predicted molar refractivity (Wildman–Crippen MR) is 71.4 cm³/mol. The zero-order chi connectivity index (χ0) is 11.4. The lowest BCUT2D eigenvalue weighted by atomic mass is 9.83. The van der Waals surface area contributed by atoms with Gasteiger partial charge in [-0.3, -0.25) is 0 Å². The van der Waals surface area contributed by atoms with Crippen LogP contribution in [0.2, 0.25) is 0 Å². The minimum absolute atomic E-state index is 0.268. The molecule has 1 saturated heterocycles. The highest BCUT2D eigenvalue weighted by Crippen LogP contribution is 2.37. The summed E-state index contributed by atoms with van der Waals surface area (Å²) in [4.78, 5) is 0.